The molecular formula is C24H19FN6O5. The third-order valence-corrected chi connectivity index (χ3v) is 6.13. The smallest absolute Gasteiger partial charge is 0.264 e. The van der Waals surface area contributed by atoms with Gasteiger partial charge >= 0.3 is 0 Å². The fourth-order valence-electron chi connectivity index (χ4n) is 4.34. The quantitative estimate of drug-likeness (QED) is 0.515. The molecule has 3 aromatic rings. The van der Waals surface area contributed by atoms with Crippen LogP contribution in [0.25, 0.3) is 11.3 Å². The third-order valence-electron chi connectivity index (χ3n) is 6.13. The zero-order valence-corrected chi connectivity index (χ0v) is 18.9. The Hall–Kier alpha value is -4.74. The SMILES string of the molecule is Cc1c(F)cccc1-c1cn(CC(=O)Nc2cccc3c2C(=O)N(C2CCC(=O)NC2=O)C3=O)nn1. The van der Waals surface area contributed by atoms with Crippen molar-refractivity contribution in [3.63, 3.8) is 0 Å². The van der Waals surface area contributed by atoms with Crippen LogP contribution in [0.4, 0.5) is 10.1 Å². The number of anilines is 1. The van der Waals surface area contributed by atoms with E-state index in [4.69, 9.17) is 0 Å². The van der Waals surface area contributed by atoms with Crippen molar-refractivity contribution in [2.45, 2.75) is 32.4 Å². The maximum Gasteiger partial charge on any atom is 0.264 e. The Labute approximate surface area is 203 Å². The highest BCUT2D eigenvalue weighted by Crippen LogP contribution is 2.32. The Morgan fingerprint density at radius 3 is 2.64 bits per heavy atom. The molecule has 5 amide bonds. The summed E-state index contributed by atoms with van der Waals surface area (Å²) in [5, 5.41) is 12.7. The lowest BCUT2D eigenvalue weighted by atomic mass is 10.0. The zero-order chi connectivity index (χ0) is 25.6. The number of carbonyl (C=O) groups excluding carboxylic acids is 5. The summed E-state index contributed by atoms with van der Waals surface area (Å²) in [6, 6.07) is 7.88. The maximum absolute atomic E-state index is 13.9. The molecule has 0 bridgehead atoms. The Morgan fingerprint density at radius 1 is 1.11 bits per heavy atom. The van der Waals surface area contributed by atoms with Crippen molar-refractivity contribution >= 4 is 35.2 Å². The predicted octanol–water partition coefficient (Wildman–Crippen LogP) is 1.43. The number of amides is 5. The monoisotopic (exact) mass is 490 g/mol. The van der Waals surface area contributed by atoms with E-state index in [1.54, 1.807) is 19.1 Å². The summed E-state index contributed by atoms with van der Waals surface area (Å²) >= 11 is 0. The minimum atomic E-state index is -1.11. The van der Waals surface area contributed by atoms with Crippen LogP contribution in [0.15, 0.2) is 42.6 Å². The van der Waals surface area contributed by atoms with E-state index in [0.29, 0.717) is 16.8 Å². The second kappa shape index (κ2) is 8.80. The van der Waals surface area contributed by atoms with Crippen molar-refractivity contribution in [2.24, 2.45) is 0 Å². The molecule has 3 heterocycles. The van der Waals surface area contributed by atoms with Gasteiger partial charge in [-0.1, -0.05) is 23.4 Å². The largest absolute Gasteiger partial charge is 0.324 e. The van der Waals surface area contributed by atoms with Crippen molar-refractivity contribution in [1.29, 1.82) is 0 Å². The van der Waals surface area contributed by atoms with Gasteiger partial charge in [0.15, 0.2) is 0 Å². The fraction of sp³-hybridized carbons (Fsp3) is 0.208. The van der Waals surface area contributed by atoms with Crippen LogP contribution in [0.2, 0.25) is 0 Å². The molecule has 0 saturated carbocycles. The van der Waals surface area contributed by atoms with Gasteiger partial charge in [0, 0.05) is 12.0 Å². The van der Waals surface area contributed by atoms with Crippen molar-refractivity contribution in [3.8, 4) is 11.3 Å². The van der Waals surface area contributed by atoms with Crippen LogP contribution in [0.1, 0.15) is 39.1 Å². The number of aromatic nitrogens is 3. The number of imide groups is 2. The Kier molecular flexibility index (Phi) is 5.63. The standard InChI is InChI=1S/C24H19FN6O5/c1-12-13(4-2-6-15(12)25)17-10-30(29-28-17)11-20(33)26-16-7-3-5-14-21(16)24(36)31(23(14)35)18-8-9-19(32)27-22(18)34/h2-7,10,18H,8-9,11H2,1H3,(H,26,33)(H,27,32,34). The van der Waals surface area contributed by atoms with Gasteiger partial charge in [-0.25, -0.2) is 9.07 Å². The van der Waals surface area contributed by atoms with Crippen LogP contribution in [0.5, 0.6) is 0 Å². The molecule has 36 heavy (non-hydrogen) atoms. The number of nitrogens with one attached hydrogen (secondary N) is 2. The lowest BCUT2D eigenvalue weighted by Gasteiger charge is -2.27. The van der Waals surface area contributed by atoms with Crippen LogP contribution in [0, 0.1) is 12.7 Å². The molecule has 2 N–H and O–H groups in total. The van der Waals surface area contributed by atoms with E-state index in [9.17, 15) is 28.4 Å². The van der Waals surface area contributed by atoms with Crippen molar-refractivity contribution in [1.82, 2.24) is 25.2 Å². The molecular weight excluding hydrogens is 471 g/mol. The minimum Gasteiger partial charge on any atom is -0.324 e. The van der Waals surface area contributed by atoms with E-state index in [2.05, 4.69) is 20.9 Å². The van der Waals surface area contributed by atoms with Crippen LogP contribution < -0.4 is 10.6 Å². The van der Waals surface area contributed by atoms with E-state index in [1.165, 1.54) is 35.1 Å². The molecule has 1 atom stereocenters. The summed E-state index contributed by atoms with van der Waals surface area (Å²) in [7, 11) is 0. The second-order valence-electron chi connectivity index (χ2n) is 8.44. The zero-order valence-electron chi connectivity index (χ0n) is 18.9. The predicted molar refractivity (Wildman–Crippen MR) is 122 cm³/mol. The van der Waals surface area contributed by atoms with Gasteiger partial charge in [0.25, 0.3) is 11.8 Å². The molecule has 2 aromatic carbocycles. The highest BCUT2D eigenvalue weighted by atomic mass is 19.1. The van der Waals surface area contributed by atoms with E-state index < -0.39 is 35.6 Å². The number of hydrogen-bond donors (Lipinski definition) is 2. The van der Waals surface area contributed by atoms with Crippen molar-refractivity contribution in [2.75, 3.05) is 5.32 Å². The first kappa shape index (κ1) is 23.0. The van der Waals surface area contributed by atoms with Gasteiger partial charge in [0.1, 0.15) is 24.1 Å². The number of carbonyl (C=O) groups is 5. The molecule has 1 saturated heterocycles. The number of fused-ring (bicyclic) bond motifs is 1. The summed E-state index contributed by atoms with van der Waals surface area (Å²) in [5.41, 5.74) is 1.45. The summed E-state index contributed by atoms with van der Waals surface area (Å²) in [5.74, 6) is -3.53. The van der Waals surface area contributed by atoms with Crippen molar-refractivity contribution in [3.05, 3.63) is 65.1 Å². The molecule has 2 aliphatic rings. The first-order valence-electron chi connectivity index (χ1n) is 11.0. The average molecular weight is 490 g/mol. The highest BCUT2D eigenvalue weighted by Gasteiger charge is 2.45. The lowest BCUT2D eigenvalue weighted by molar-refractivity contribution is -0.136. The van der Waals surface area contributed by atoms with Crippen LogP contribution in [-0.4, -0.2) is 55.5 Å². The summed E-state index contributed by atoms with van der Waals surface area (Å²) in [6.45, 7) is 1.35. The maximum atomic E-state index is 13.9. The van der Waals surface area contributed by atoms with E-state index in [0.717, 1.165) is 4.90 Å². The van der Waals surface area contributed by atoms with Gasteiger partial charge in [0.2, 0.25) is 17.7 Å². The molecule has 5 rings (SSSR count). The Bertz CT molecular complexity index is 1460. The Morgan fingerprint density at radius 2 is 1.86 bits per heavy atom. The van der Waals surface area contributed by atoms with Crippen molar-refractivity contribution < 1.29 is 28.4 Å². The van der Waals surface area contributed by atoms with Crippen LogP contribution >= 0.6 is 0 Å². The number of halogens is 1. The van der Waals surface area contributed by atoms with Gasteiger partial charge in [-0.2, -0.15) is 0 Å². The third kappa shape index (κ3) is 3.91. The molecule has 1 unspecified atom stereocenters. The molecule has 1 fully saturated rings. The first-order valence-corrected chi connectivity index (χ1v) is 11.0. The van der Waals surface area contributed by atoms with Crippen LogP contribution in [-0.2, 0) is 20.9 Å². The molecule has 2 aliphatic heterocycles. The first-order chi connectivity index (χ1) is 17.2. The lowest BCUT2D eigenvalue weighted by Crippen LogP contribution is -2.54. The summed E-state index contributed by atoms with van der Waals surface area (Å²) in [4.78, 5) is 63.4. The van der Waals surface area contributed by atoms with E-state index in [1.807, 2.05) is 0 Å². The molecule has 182 valence electrons. The molecule has 0 radical (unpaired) electrons. The molecule has 1 aromatic heterocycles. The van der Waals surface area contributed by atoms with Crippen LogP contribution in [0.3, 0.4) is 0 Å². The number of nitrogens with zero attached hydrogens (tertiary/aromatic N) is 4. The van der Waals surface area contributed by atoms with E-state index >= 15 is 0 Å². The number of benzene rings is 2. The fourth-order valence-corrected chi connectivity index (χ4v) is 4.34. The molecule has 0 spiro atoms. The van der Waals surface area contributed by atoms with E-state index in [-0.39, 0.29) is 42.0 Å². The number of hydrogen-bond acceptors (Lipinski definition) is 7. The topological polar surface area (TPSA) is 143 Å². The van der Waals surface area contributed by atoms with Gasteiger partial charge in [-0.05, 0) is 37.1 Å². The number of piperidine rings is 1. The average Bonchev–Trinajstić information content (AvgIpc) is 3.39. The molecule has 12 heteroatoms. The summed E-state index contributed by atoms with van der Waals surface area (Å²) < 4.78 is 15.1. The van der Waals surface area contributed by atoms with Gasteiger partial charge < -0.3 is 5.32 Å². The molecule has 11 nitrogen and oxygen atoms in total. The van der Waals surface area contributed by atoms with Gasteiger partial charge in [-0.3, -0.25) is 34.2 Å². The van der Waals surface area contributed by atoms with Gasteiger partial charge in [-0.15, -0.1) is 5.10 Å². The second-order valence-corrected chi connectivity index (χ2v) is 8.44. The number of rotatable bonds is 5. The minimum absolute atomic E-state index is 0.00243. The van der Waals surface area contributed by atoms with Gasteiger partial charge in [0.05, 0.1) is 23.0 Å². The Balaban J connectivity index is 1.34. The molecule has 0 aliphatic carbocycles. The normalized spacial score (nSPS) is 17.3. The summed E-state index contributed by atoms with van der Waals surface area (Å²) in [6.07, 6.45) is 1.52. The highest BCUT2D eigenvalue weighted by molar-refractivity contribution is 6.26.